The molecule has 0 aromatic heterocycles. The van der Waals surface area contributed by atoms with Crippen molar-refractivity contribution in [2.45, 2.75) is 0 Å². The summed E-state index contributed by atoms with van der Waals surface area (Å²) in [5, 5.41) is 0.229. The molecule has 1 radical (unpaired) electrons. The molecule has 0 unspecified atom stereocenters. The maximum Gasteiger partial charge on any atom is 0.163 e. The van der Waals surface area contributed by atoms with Gasteiger partial charge in [0.1, 0.15) is 0 Å². The molecular weight excluding hydrogens is 134 g/mol. The number of rotatable bonds is 0. The van der Waals surface area contributed by atoms with Crippen LogP contribution in [0.5, 0.6) is 0 Å². The zero-order valence-corrected chi connectivity index (χ0v) is 4.33. The largest absolute Gasteiger partial charge is 0.344 e. The van der Waals surface area contributed by atoms with E-state index in [9.17, 15) is 0 Å². The van der Waals surface area contributed by atoms with Crippen LogP contribution in [-0.2, 0) is 0 Å². The van der Waals surface area contributed by atoms with Gasteiger partial charge in [-0.05, 0) is 15.9 Å². The average Bonchev–Trinajstić information content (AvgIpc) is 0.811. The fourth-order valence-electron chi connectivity index (χ4n) is 0. The molecule has 0 atom stereocenters. The summed E-state index contributed by atoms with van der Waals surface area (Å²) >= 11 is 2.74. The molecular formula is CH7BrN3. The Hall–Kier alpha value is 0.360. The lowest BCUT2D eigenvalue weighted by Crippen LogP contribution is -2.10. The van der Waals surface area contributed by atoms with E-state index in [1.54, 1.807) is 0 Å². The minimum absolute atomic E-state index is 0. The summed E-state index contributed by atoms with van der Waals surface area (Å²) in [6.45, 7) is 0. The van der Waals surface area contributed by atoms with Crippen LogP contribution in [0.25, 0.3) is 0 Å². The quantitative estimate of drug-likeness (QED) is 0.412. The lowest BCUT2D eigenvalue weighted by atomic mass is 11.3. The van der Waals surface area contributed by atoms with Gasteiger partial charge in [0.05, 0.1) is 0 Å². The third kappa shape index (κ3) is 187. The smallest absolute Gasteiger partial charge is 0.163 e. The SMILES string of the molecule is N.N[C](N)Br. The van der Waals surface area contributed by atoms with Crippen molar-refractivity contribution in [2.75, 3.05) is 0 Å². The fraction of sp³-hybridized carbons (Fsp3) is 0. The van der Waals surface area contributed by atoms with Crippen molar-refractivity contribution < 1.29 is 0 Å². The van der Waals surface area contributed by atoms with Crippen LogP contribution < -0.4 is 17.6 Å². The van der Waals surface area contributed by atoms with Gasteiger partial charge in [0.2, 0.25) is 0 Å². The second kappa shape index (κ2) is 4.36. The molecule has 0 rings (SSSR count). The molecule has 0 saturated heterocycles. The second-order valence-electron chi connectivity index (χ2n) is 0.385. The van der Waals surface area contributed by atoms with E-state index < -0.39 is 0 Å². The maximum atomic E-state index is 4.72. The van der Waals surface area contributed by atoms with Gasteiger partial charge in [0.15, 0.2) is 5.08 Å². The fourth-order valence-corrected chi connectivity index (χ4v) is 0. The van der Waals surface area contributed by atoms with Crippen LogP contribution in [0.4, 0.5) is 0 Å². The number of halogens is 1. The molecule has 7 N–H and O–H groups in total. The van der Waals surface area contributed by atoms with E-state index >= 15 is 0 Å². The highest BCUT2D eigenvalue weighted by Gasteiger charge is 1.72. The van der Waals surface area contributed by atoms with E-state index in [2.05, 4.69) is 15.9 Å². The van der Waals surface area contributed by atoms with Gasteiger partial charge in [-0.25, -0.2) is 0 Å². The molecule has 0 spiro atoms. The van der Waals surface area contributed by atoms with Crippen LogP contribution in [0, 0.1) is 5.08 Å². The first-order valence-electron chi connectivity index (χ1n) is 0.766. The predicted molar refractivity (Wildman–Crippen MR) is 25.6 cm³/mol. The Morgan fingerprint density at radius 1 is 1.40 bits per heavy atom. The Kier molecular flexibility index (Phi) is 7.87. The van der Waals surface area contributed by atoms with Crippen molar-refractivity contribution in [1.82, 2.24) is 6.15 Å². The van der Waals surface area contributed by atoms with Gasteiger partial charge in [0, 0.05) is 0 Å². The minimum Gasteiger partial charge on any atom is -0.344 e. The maximum absolute atomic E-state index is 4.72. The van der Waals surface area contributed by atoms with Crippen molar-refractivity contribution in [1.29, 1.82) is 0 Å². The molecule has 5 heavy (non-hydrogen) atoms. The van der Waals surface area contributed by atoms with Crippen LogP contribution in [0.2, 0.25) is 0 Å². The lowest BCUT2D eigenvalue weighted by Gasteiger charge is -1.77. The normalized spacial score (nSPS) is 7.20. The molecule has 0 saturated carbocycles. The van der Waals surface area contributed by atoms with Gasteiger partial charge in [-0.15, -0.1) is 0 Å². The predicted octanol–water partition coefficient (Wildman–Crippen LogP) is -0.0923. The number of nitrogens with two attached hydrogens (primary N) is 2. The Morgan fingerprint density at radius 2 is 1.40 bits per heavy atom. The van der Waals surface area contributed by atoms with Crippen LogP contribution in [0.3, 0.4) is 0 Å². The molecule has 3 nitrogen and oxygen atoms in total. The van der Waals surface area contributed by atoms with Gasteiger partial charge in [-0.2, -0.15) is 0 Å². The Labute approximate surface area is 39.4 Å². The first-order valence-corrected chi connectivity index (χ1v) is 1.56. The summed E-state index contributed by atoms with van der Waals surface area (Å²) in [6.07, 6.45) is 0. The molecule has 0 amide bonds. The number of hydrogen-bond acceptors (Lipinski definition) is 3. The standard InChI is InChI=1S/CH4BrN2.H3N/c2-1(3)4;/h3-4H2;1H3. The molecule has 0 bridgehead atoms. The minimum atomic E-state index is 0. The molecule has 0 aliphatic rings. The third-order valence-corrected chi connectivity index (χ3v) is 0. The van der Waals surface area contributed by atoms with Crippen molar-refractivity contribution in [3.8, 4) is 0 Å². The topological polar surface area (TPSA) is 87.0 Å². The van der Waals surface area contributed by atoms with E-state index in [1.165, 1.54) is 0 Å². The molecule has 33 valence electrons. The Morgan fingerprint density at radius 3 is 1.40 bits per heavy atom. The van der Waals surface area contributed by atoms with Crippen LogP contribution in [0.1, 0.15) is 0 Å². The van der Waals surface area contributed by atoms with Gasteiger partial charge in [-0.3, -0.25) is 0 Å². The van der Waals surface area contributed by atoms with Crippen LogP contribution in [-0.4, -0.2) is 0 Å². The zero-order chi connectivity index (χ0) is 3.58. The van der Waals surface area contributed by atoms with E-state index in [-0.39, 0.29) is 11.2 Å². The van der Waals surface area contributed by atoms with Crippen LogP contribution in [0.15, 0.2) is 0 Å². The van der Waals surface area contributed by atoms with Crippen LogP contribution >= 0.6 is 15.9 Å². The van der Waals surface area contributed by atoms with E-state index in [0.717, 1.165) is 0 Å². The van der Waals surface area contributed by atoms with Gasteiger partial charge in [0.25, 0.3) is 0 Å². The van der Waals surface area contributed by atoms with Crippen molar-refractivity contribution in [2.24, 2.45) is 11.5 Å². The Balaban J connectivity index is 0. The summed E-state index contributed by atoms with van der Waals surface area (Å²) in [6, 6.07) is 0. The van der Waals surface area contributed by atoms with Gasteiger partial charge >= 0.3 is 0 Å². The highest BCUT2D eigenvalue weighted by atomic mass is 79.9. The zero-order valence-electron chi connectivity index (χ0n) is 2.74. The highest BCUT2D eigenvalue weighted by molar-refractivity contribution is 9.11. The van der Waals surface area contributed by atoms with Crippen molar-refractivity contribution in [3.05, 3.63) is 5.08 Å². The molecule has 0 fully saturated rings. The van der Waals surface area contributed by atoms with E-state index in [0.29, 0.717) is 0 Å². The molecule has 0 aliphatic carbocycles. The lowest BCUT2D eigenvalue weighted by molar-refractivity contribution is 1.21. The summed E-state index contributed by atoms with van der Waals surface area (Å²) in [5.41, 5.74) is 9.44. The first kappa shape index (κ1) is 9.03. The molecule has 4 heteroatoms. The van der Waals surface area contributed by atoms with Crippen molar-refractivity contribution in [3.63, 3.8) is 0 Å². The van der Waals surface area contributed by atoms with Crippen molar-refractivity contribution >= 4 is 15.9 Å². The van der Waals surface area contributed by atoms with E-state index in [4.69, 9.17) is 11.5 Å². The summed E-state index contributed by atoms with van der Waals surface area (Å²) < 4.78 is 0. The molecule has 0 aromatic rings. The summed E-state index contributed by atoms with van der Waals surface area (Å²) in [5.74, 6) is 0. The van der Waals surface area contributed by atoms with Gasteiger partial charge < -0.3 is 17.6 Å². The number of hydrogen-bond donors (Lipinski definition) is 3. The van der Waals surface area contributed by atoms with E-state index in [1.807, 2.05) is 0 Å². The van der Waals surface area contributed by atoms with Gasteiger partial charge in [-0.1, -0.05) is 0 Å². The summed E-state index contributed by atoms with van der Waals surface area (Å²) in [7, 11) is 0. The molecule has 0 heterocycles. The first-order chi connectivity index (χ1) is 1.73. The third-order valence-electron chi connectivity index (χ3n) is 0. The monoisotopic (exact) mass is 140 g/mol. The second-order valence-corrected chi connectivity index (χ2v) is 1.30. The Bertz CT molecular complexity index is 11.6. The average molecular weight is 141 g/mol. The molecule has 0 aliphatic heterocycles. The molecule has 0 aromatic carbocycles. The highest BCUT2D eigenvalue weighted by Crippen LogP contribution is 1.82. The summed E-state index contributed by atoms with van der Waals surface area (Å²) in [4.78, 5) is 0.